The second kappa shape index (κ2) is 6.62. The van der Waals surface area contributed by atoms with Crippen molar-refractivity contribution in [1.82, 2.24) is 15.6 Å². The van der Waals surface area contributed by atoms with Crippen molar-refractivity contribution in [3.05, 3.63) is 11.6 Å². The number of rotatable bonds is 5. The minimum atomic E-state index is 0.0340. The first-order valence-electron chi connectivity index (χ1n) is 4.44. The Bertz CT molecular complexity index is 327. The van der Waals surface area contributed by atoms with Gasteiger partial charge in [-0.3, -0.25) is 10.7 Å². The summed E-state index contributed by atoms with van der Waals surface area (Å²) in [5.74, 6) is 0.0340. The number of thiazole rings is 1. The van der Waals surface area contributed by atoms with Crippen LogP contribution in [0, 0.1) is 16.9 Å². The van der Waals surface area contributed by atoms with Gasteiger partial charge in [0.25, 0.3) is 0 Å². The van der Waals surface area contributed by atoms with Gasteiger partial charge in [-0.05, 0) is 6.42 Å². The molecule has 0 saturated heterocycles. The van der Waals surface area contributed by atoms with Gasteiger partial charge in [0.15, 0.2) is 11.3 Å². The molecule has 0 amide bonds. The monoisotopic (exact) mass is 224 g/mol. The Hall–Kier alpha value is -1.81. The summed E-state index contributed by atoms with van der Waals surface area (Å²) in [6.45, 7) is 1.44. The van der Waals surface area contributed by atoms with Crippen LogP contribution in [0.25, 0.3) is 0 Å². The minimum absolute atomic E-state index is 0.0340. The molecule has 1 aromatic rings. The van der Waals surface area contributed by atoms with Gasteiger partial charge >= 0.3 is 0 Å². The maximum absolute atomic E-state index is 8.20. The molecule has 4 N–H and O–H groups in total. The Morgan fingerprint density at radius 1 is 1.60 bits per heavy atom. The van der Waals surface area contributed by atoms with Gasteiger partial charge in [-0.1, -0.05) is 0 Å². The molecular formula is C8H12N6S. The van der Waals surface area contributed by atoms with Crippen molar-refractivity contribution in [2.24, 2.45) is 0 Å². The standard InChI is InChI=1S/C8H12N6S/c9-6-14-7(10)11-2-1-3-12-8-13-4-5-15-8/h4-5H,1-3H2,(H,12,13)(H3,10,11,14). The third-order valence-electron chi connectivity index (χ3n) is 1.54. The van der Waals surface area contributed by atoms with Gasteiger partial charge < -0.3 is 10.6 Å². The van der Waals surface area contributed by atoms with Crippen LogP contribution in [0.4, 0.5) is 5.13 Å². The summed E-state index contributed by atoms with van der Waals surface area (Å²) in [6.07, 6.45) is 4.27. The Morgan fingerprint density at radius 2 is 2.47 bits per heavy atom. The van der Waals surface area contributed by atoms with Crippen molar-refractivity contribution >= 4 is 22.4 Å². The van der Waals surface area contributed by atoms with E-state index >= 15 is 0 Å². The lowest BCUT2D eigenvalue weighted by Crippen LogP contribution is -2.34. The summed E-state index contributed by atoms with van der Waals surface area (Å²) in [5.41, 5.74) is 0. The van der Waals surface area contributed by atoms with Gasteiger partial charge in [-0.2, -0.15) is 5.26 Å². The van der Waals surface area contributed by atoms with Crippen LogP contribution in [0.15, 0.2) is 11.6 Å². The summed E-state index contributed by atoms with van der Waals surface area (Å²) in [4.78, 5) is 4.07. The number of guanidine groups is 1. The highest BCUT2D eigenvalue weighted by atomic mass is 32.1. The lowest BCUT2D eigenvalue weighted by atomic mass is 10.4. The molecule has 1 aromatic heterocycles. The number of aromatic nitrogens is 1. The Balaban J connectivity index is 1.98. The van der Waals surface area contributed by atoms with Crippen LogP contribution in [0.2, 0.25) is 0 Å². The van der Waals surface area contributed by atoms with Gasteiger partial charge in [-0.15, -0.1) is 11.3 Å². The number of hydrogen-bond donors (Lipinski definition) is 4. The van der Waals surface area contributed by atoms with E-state index in [0.717, 1.165) is 18.1 Å². The van der Waals surface area contributed by atoms with Crippen LogP contribution >= 0.6 is 11.3 Å². The van der Waals surface area contributed by atoms with E-state index in [1.54, 1.807) is 23.7 Å². The highest BCUT2D eigenvalue weighted by Gasteiger charge is 1.94. The third kappa shape index (κ3) is 4.83. The lowest BCUT2D eigenvalue weighted by Gasteiger charge is -2.05. The zero-order valence-electron chi connectivity index (χ0n) is 8.08. The smallest absolute Gasteiger partial charge is 0.201 e. The molecule has 80 valence electrons. The van der Waals surface area contributed by atoms with Gasteiger partial charge in [-0.25, -0.2) is 4.98 Å². The molecule has 0 aliphatic rings. The summed E-state index contributed by atoms with van der Waals surface area (Å²) < 4.78 is 0. The summed E-state index contributed by atoms with van der Waals surface area (Å²) in [7, 11) is 0. The van der Waals surface area contributed by atoms with E-state index in [4.69, 9.17) is 10.7 Å². The average Bonchev–Trinajstić information content (AvgIpc) is 2.70. The summed E-state index contributed by atoms with van der Waals surface area (Å²) >= 11 is 1.56. The third-order valence-corrected chi connectivity index (χ3v) is 2.28. The molecule has 0 fully saturated rings. The van der Waals surface area contributed by atoms with Crippen molar-refractivity contribution in [3.63, 3.8) is 0 Å². The van der Waals surface area contributed by atoms with Gasteiger partial charge in [0, 0.05) is 24.7 Å². The minimum Gasteiger partial charge on any atom is -0.361 e. The molecule has 0 aliphatic carbocycles. The van der Waals surface area contributed by atoms with Crippen molar-refractivity contribution in [2.45, 2.75) is 6.42 Å². The molecule has 0 saturated carbocycles. The molecule has 15 heavy (non-hydrogen) atoms. The Kier molecular flexibility index (Phi) is 4.97. The molecule has 1 heterocycles. The first kappa shape index (κ1) is 11.3. The number of anilines is 1. The van der Waals surface area contributed by atoms with E-state index in [0.29, 0.717) is 6.54 Å². The Labute approximate surface area is 91.8 Å². The van der Waals surface area contributed by atoms with E-state index < -0.39 is 0 Å². The normalized spacial score (nSPS) is 9.00. The number of nitriles is 1. The second-order valence-corrected chi connectivity index (χ2v) is 3.55. The molecule has 0 radical (unpaired) electrons. The molecule has 0 atom stereocenters. The quantitative estimate of drug-likeness (QED) is 0.192. The average molecular weight is 224 g/mol. The largest absolute Gasteiger partial charge is 0.361 e. The van der Waals surface area contributed by atoms with Crippen LogP contribution in [-0.2, 0) is 0 Å². The molecule has 0 aromatic carbocycles. The Morgan fingerprint density at radius 3 is 3.13 bits per heavy atom. The van der Waals surface area contributed by atoms with E-state index in [1.807, 2.05) is 5.38 Å². The van der Waals surface area contributed by atoms with Crippen molar-refractivity contribution in [3.8, 4) is 6.19 Å². The van der Waals surface area contributed by atoms with Gasteiger partial charge in [0.2, 0.25) is 5.96 Å². The number of nitrogens with zero attached hydrogens (tertiary/aromatic N) is 2. The molecule has 0 aliphatic heterocycles. The van der Waals surface area contributed by atoms with Crippen molar-refractivity contribution < 1.29 is 0 Å². The van der Waals surface area contributed by atoms with E-state index in [2.05, 4.69) is 20.9 Å². The fraction of sp³-hybridized carbons (Fsp3) is 0.375. The topological polar surface area (TPSA) is 96.6 Å². The van der Waals surface area contributed by atoms with Gasteiger partial charge in [0.05, 0.1) is 0 Å². The van der Waals surface area contributed by atoms with Crippen molar-refractivity contribution in [1.29, 1.82) is 10.7 Å². The zero-order chi connectivity index (χ0) is 10.9. The first-order chi connectivity index (χ1) is 7.33. The van der Waals surface area contributed by atoms with Crippen LogP contribution in [-0.4, -0.2) is 24.0 Å². The second-order valence-electron chi connectivity index (χ2n) is 2.66. The van der Waals surface area contributed by atoms with Crippen LogP contribution in [0.1, 0.15) is 6.42 Å². The molecule has 0 spiro atoms. The van der Waals surface area contributed by atoms with E-state index in [1.165, 1.54) is 0 Å². The number of hydrogen-bond acceptors (Lipinski definition) is 5. The van der Waals surface area contributed by atoms with E-state index in [-0.39, 0.29) is 5.96 Å². The highest BCUT2D eigenvalue weighted by Crippen LogP contribution is 2.09. The molecule has 6 nitrogen and oxygen atoms in total. The van der Waals surface area contributed by atoms with Crippen molar-refractivity contribution in [2.75, 3.05) is 18.4 Å². The summed E-state index contributed by atoms with van der Waals surface area (Å²) in [5, 5.41) is 26.3. The predicted molar refractivity (Wildman–Crippen MR) is 59.7 cm³/mol. The molecule has 0 unspecified atom stereocenters. The lowest BCUT2D eigenvalue weighted by molar-refractivity contribution is 0.787. The maximum atomic E-state index is 8.20. The van der Waals surface area contributed by atoms with Crippen LogP contribution in [0.3, 0.4) is 0 Å². The fourth-order valence-corrected chi connectivity index (χ4v) is 1.47. The molecule has 0 bridgehead atoms. The highest BCUT2D eigenvalue weighted by molar-refractivity contribution is 7.13. The van der Waals surface area contributed by atoms with Crippen LogP contribution in [0.5, 0.6) is 0 Å². The molecular weight excluding hydrogens is 212 g/mol. The SMILES string of the molecule is N#CNC(=N)NCCCNc1nccs1. The van der Waals surface area contributed by atoms with Crippen LogP contribution < -0.4 is 16.0 Å². The van der Waals surface area contributed by atoms with Gasteiger partial charge in [0.1, 0.15) is 0 Å². The first-order valence-corrected chi connectivity index (χ1v) is 5.32. The fourth-order valence-electron chi connectivity index (χ4n) is 0.908. The number of nitrogens with one attached hydrogen (secondary N) is 4. The van der Waals surface area contributed by atoms with E-state index in [9.17, 15) is 0 Å². The summed E-state index contributed by atoms with van der Waals surface area (Å²) in [6, 6.07) is 0. The molecule has 1 rings (SSSR count). The maximum Gasteiger partial charge on any atom is 0.201 e. The predicted octanol–water partition coefficient (Wildman–Crippen LogP) is 0.540. The molecule has 7 heteroatoms. The zero-order valence-corrected chi connectivity index (χ0v) is 8.90.